The molecule has 1 rings (SSSR count). The number of allylic oxidation sites excluding steroid dienone is 10. The van der Waals surface area contributed by atoms with Crippen LogP contribution in [-0.2, 0) is 42.9 Å². The molecule has 0 bridgehead atoms. The van der Waals surface area contributed by atoms with Crippen LogP contribution in [0.4, 0.5) is 0 Å². The first kappa shape index (κ1) is 73.4. The summed E-state index contributed by atoms with van der Waals surface area (Å²) in [6.45, 7) is 5.88. The summed E-state index contributed by atoms with van der Waals surface area (Å²) in [5.41, 5.74) is 0. The molecule has 0 aromatic carbocycles. The molecule has 12 nitrogen and oxygen atoms in total. The Labute approximate surface area is 481 Å². The monoisotopic (exact) mass is 1110 g/mol. The summed E-state index contributed by atoms with van der Waals surface area (Å²) in [6.07, 6.45) is 56.0. The number of carboxylic acids is 1. The molecule has 1 saturated heterocycles. The Morgan fingerprint density at radius 3 is 1.24 bits per heavy atom. The van der Waals surface area contributed by atoms with E-state index in [1.165, 1.54) is 109 Å². The van der Waals surface area contributed by atoms with E-state index in [0.717, 1.165) is 122 Å². The standard InChI is InChI=1S/C67H116O12/c1-4-7-10-13-16-19-22-25-28-30-33-35-38-41-44-47-50-53-59(68)75-56-58(77-60(69)54-51-48-45-42-39-37-34-31-29-26-23-20-17-14-11-8-5-2)57-76-67-65(63(72)62(71)64(79-67)66(73)74)78-61(70)55-52-49-46-43-40-36-32-27-24-21-18-15-12-9-6-3/h7,10,16-17,19-20,25-26,28-29,58,62-65,67,71-72H,4-6,8-9,11-15,18,21-24,27,30-57H2,1-3H3,(H,73,74)/b10-7-,19-16-,20-17-,28-25-,29-26-. The Morgan fingerprint density at radius 1 is 0.430 bits per heavy atom. The summed E-state index contributed by atoms with van der Waals surface area (Å²) in [6, 6.07) is 0. The van der Waals surface area contributed by atoms with Crippen LogP contribution in [-0.4, -0.2) is 89.2 Å². The molecule has 1 aliphatic heterocycles. The van der Waals surface area contributed by atoms with E-state index in [9.17, 15) is 34.5 Å². The molecule has 1 fully saturated rings. The van der Waals surface area contributed by atoms with Crippen LogP contribution < -0.4 is 0 Å². The first-order chi connectivity index (χ1) is 38.6. The molecule has 0 aromatic heterocycles. The van der Waals surface area contributed by atoms with Crippen LogP contribution in [0, 0.1) is 0 Å². The minimum absolute atomic E-state index is 0.0618. The van der Waals surface area contributed by atoms with Gasteiger partial charge in [0.05, 0.1) is 6.61 Å². The fraction of sp³-hybridized carbons (Fsp3) is 0.791. The molecule has 0 radical (unpaired) electrons. The Bertz CT molecular complexity index is 1600. The van der Waals surface area contributed by atoms with Gasteiger partial charge in [-0.25, -0.2) is 4.79 Å². The van der Waals surface area contributed by atoms with Crippen LogP contribution in [0.3, 0.4) is 0 Å². The minimum atomic E-state index is -1.90. The number of carbonyl (C=O) groups is 4. The largest absolute Gasteiger partial charge is 0.479 e. The van der Waals surface area contributed by atoms with Gasteiger partial charge in [-0.2, -0.15) is 0 Å². The molecule has 1 heterocycles. The number of hydrogen-bond acceptors (Lipinski definition) is 11. The van der Waals surface area contributed by atoms with E-state index in [0.29, 0.717) is 19.3 Å². The summed E-state index contributed by atoms with van der Waals surface area (Å²) < 4.78 is 28.5. The summed E-state index contributed by atoms with van der Waals surface area (Å²) in [7, 11) is 0. The van der Waals surface area contributed by atoms with Gasteiger partial charge < -0.3 is 39.0 Å². The third-order valence-electron chi connectivity index (χ3n) is 14.6. The molecule has 1 aliphatic rings. The van der Waals surface area contributed by atoms with Crippen molar-refractivity contribution in [3.8, 4) is 0 Å². The van der Waals surface area contributed by atoms with Crippen LogP contribution in [0.1, 0.15) is 290 Å². The predicted molar refractivity (Wildman–Crippen MR) is 322 cm³/mol. The summed E-state index contributed by atoms with van der Waals surface area (Å²) in [4.78, 5) is 51.3. The number of rotatable bonds is 55. The van der Waals surface area contributed by atoms with Gasteiger partial charge in [0.2, 0.25) is 0 Å². The van der Waals surface area contributed by atoms with Gasteiger partial charge in [-0.1, -0.05) is 248 Å². The van der Waals surface area contributed by atoms with Crippen molar-refractivity contribution < 1.29 is 58.2 Å². The summed E-state index contributed by atoms with van der Waals surface area (Å²) >= 11 is 0. The Balaban J connectivity index is 2.67. The minimum Gasteiger partial charge on any atom is -0.479 e. The molecule has 12 heteroatoms. The lowest BCUT2D eigenvalue weighted by Crippen LogP contribution is -2.61. The molecule has 3 N–H and O–H groups in total. The van der Waals surface area contributed by atoms with Crippen LogP contribution >= 0.6 is 0 Å². The lowest BCUT2D eigenvalue weighted by atomic mass is 9.98. The number of esters is 3. The van der Waals surface area contributed by atoms with Crippen LogP contribution in [0.15, 0.2) is 60.8 Å². The maximum absolute atomic E-state index is 13.2. The zero-order valence-corrected chi connectivity index (χ0v) is 50.4. The summed E-state index contributed by atoms with van der Waals surface area (Å²) in [5, 5.41) is 31.6. The van der Waals surface area contributed by atoms with Crippen molar-refractivity contribution in [3.05, 3.63) is 60.8 Å². The molecule has 79 heavy (non-hydrogen) atoms. The van der Waals surface area contributed by atoms with Gasteiger partial charge in [0, 0.05) is 19.3 Å². The number of ether oxygens (including phenoxy) is 5. The number of unbranched alkanes of at least 4 members (excludes halogenated alkanes) is 31. The molecule has 0 saturated carbocycles. The van der Waals surface area contributed by atoms with E-state index < -0.39 is 67.3 Å². The zero-order chi connectivity index (χ0) is 57.5. The number of aliphatic hydroxyl groups is 2. The molecule has 0 aromatic rings. The fourth-order valence-corrected chi connectivity index (χ4v) is 9.65. The van der Waals surface area contributed by atoms with Crippen LogP contribution in [0.5, 0.6) is 0 Å². The third kappa shape index (κ3) is 44.7. The quantitative estimate of drug-likeness (QED) is 0.0228. The average Bonchev–Trinajstić information content (AvgIpc) is 3.46. The molecular weight excluding hydrogens is 997 g/mol. The highest BCUT2D eigenvalue weighted by atomic mass is 16.7. The molecule has 456 valence electrons. The Morgan fingerprint density at radius 2 is 0.797 bits per heavy atom. The molecule has 6 unspecified atom stereocenters. The maximum atomic E-state index is 13.2. The van der Waals surface area contributed by atoms with Crippen molar-refractivity contribution >= 4 is 23.9 Å². The number of hydrogen-bond donors (Lipinski definition) is 3. The molecule has 0 spiro atoms. The van der Waals surface area contributed by atoms with Crippen molar-refractivity contribution in [2.45, 2.75) is 327 Å². The van der Waals surface area contributed by atoms with Gasteiger partial charge in [-0.3, -0.25) is 14.4 Å². The summed E-state index contributed by atoms with van der Waals surface area (Å²) in [5.74, 6) is -3.12. The van der Waals surface area contributed by atoms with Crippen molar-refractivity contribution in [2.75, 3.05) is 13.2 Å². The number of carbonyl (C=O) groups excluding carboxylic acids is 3. The molecule has 0 amide bonds. The van der Waals surface area contributed by atoms with E-state index in [4.69, 9.17) is 23.7 Å². The molecular formula is C67H116O12. The van der Waals surface area contributed by atoms with E-state index in [2.05, 4.69) is 81.5 Å². The fourth-order valence-electron chi connectivity index (χ4n) is 9.65. The van der Waals surface area contributed by atoms with Crippen molar-refractivity contribution in [1.82, 2.24) is 0 Å². The van der Waals surface area contributed by atoms with Gasteiger partial charge in [0.1, 0.15) is 18.8 Å². The SMILES string of the molecule is CC/C=C\C/C=C\C/C=C\CCCCCCCCCC(=O)OCC(COC1OC(C(=O)O)C(O)C(O)C1OC(=O)CCCCCCCCCCCCCCCCC)OC(=O)CCCCCCCCC/C=C\C/C=C\CCCCC. The van der Waals surface area contributed by atoms with E-state index in [1.807, 2.05) is 0 Å². The highest BCUT2D eigenvalue weighted by molar-refractivity contribution is 5.74. The van der Waals surface area contributed by atoms with Crippen molar-refractivity contribution in [3.63, 3.8) is 0 Å². The number of aliphatic hydroxyl groups excluding tert-OH is 2. The van der Waals surface area contributed by atoms with E-state index >= 15 is 0 Å². The van der Waals surface area contributed by atoms with E-state index in [-0.39, 0.29) is 25.9 Å². The van der Waals surface area contributed by atoms with E-state index in [1.54, 1.807) is 0 Å². The maximum Gasteiger partial charge on any atom is 0.335 e. The zero-order valence-electron chi connectivity index (χ0n) is 50.4. The average molecular weight is 1110 g/mol. The Kier molecular flexibility index (Phi) is 51.1. The second kappa shape index (κ2) is 55.0. The topological polar surface area (TPSA) is 175 Å². The lowest BCUT2D eigenvalue weighted by Gasteiger charge is -2.40. The van der Waals surface area contributed by atoms with Crippen molar-refractivity contribution in [2.24, 2.45) is 0 Å². The molecule has 6 atom stereocenters. The van der Waals surface area contributed by atoms with Gasteiger partial charge >= 0.3 is 23.9 Å². The highest BCUT2D eigenvalue weighted by Gasteiger charge is 2.50. The normalized spacial score (nSPS) is 18.2. The first-order valence-corrected chi connectivity index (χ1v) is 32.3. The van der Waals surface area contributed by atoms with Crippen LogP contribution in [0.2, 0.25) is 0 Å². The lowest BCUT2D eigenvalue weighted by molar-refractivity contribution is -0.301. The molecule has 0 aliphatic carbocycles. The van der Waals surface area contributed by atoms with Gasteiger partial charge in [-0.15, -0.1) is 0 Å². The second-order valence-electron chi connectivity index (χ2n) is 22.0. The number of aliphatic carboxylic acids is 1. The predicted octanol–water partition coefficient (Wildman–Crippen LogP) is 17.1. The van der Waals surface area contributed by atoms with Crippen LogP contribution in [0.25, 0.3) is 0 Å². The highest BCUT2D eigenvalue weighted by Crippen LogP contribution is 2.27. The third-order valence-corrected chi connectivity index (χ3v) is 14.6. The van der Waals surface area contributed by atoms with Gasteiger partial charge in [0.25, 0.3) is 0 Å². The first-order valence-electron chi connectivity index (χ1n) is 32.3. The van der Waals surface area contributed by atoms with Gasteiger partial charge in [0.15, 0.2) is 24.6 Å². The van der Waals surface area contributed by atoms with Crippen molar-refractivity contribution in [1.29, 1.82) is 0 Å². The van der Waals surface area contributed by atoms with Gasteiger partial charge in [-0.05, 0) is 83.5 Å². The Hall–Kier alpha value is -3.58. The number of carboxylic acid groups (broad SMARTS) is 1. The second-order valence-corrected chi connectivity index (χ2v) is 22.0. The smallest absolute Gasteiger partial charge is 0.335 e.